The highest BCUT2D eigenvalue weighted by atomic mass is 32.2. The summed E-state index contributed by atoms with van der Waals surface area (Å²) in [5.74, 6) is -0.505. The molecule has 20 heavy (non-hydrogen) atoms. The Morgan fingerprint density at radius 1 is 1.40 bits per heavy atom. The smallest absolute Gasteiger partial charge is 0.317 e. The Bertz CT molecular complexity index is 611. The average molecular weight is 307 g/mol. The maximum absolute atomic E-state index is 12.7. The Labute approximate surface area is 116 Å². The van der Waals surface area contributed by atoms with E-state index in [4.69, 9.17) is 0 Å². The van der Waals surface area contributed by atoms with Gasteiger partial charge >= 0.3 is 6.18 Å². The second kappa shape index (κ2) is 5.04. The zero-order valence-electron chi connectivity index (χ0n) is 11.2. The van der Waals surface area contributed by atoms with Crippen LogP contribution in [0.2, 0.25) is 0 Å². The van der Waals surface area contributed by atoms with Crippen LogP contribution in [0.3, 0.4) is 0 Å². The lowest BCUT2D eigenvalue weighted by Gasteiger charge is -2.16. The van der Waals surface area contributed by atoms with Gasteiger partial charge in [-0.15, -0.1) is 0 Å². The SMILES string of the molecule is CNC(C)CC1CS(=O)(=O)c2ccc(C(F)(F)F)cc21. The maximum Gasteiger partial charge on any atom is 0.416 e. The van der Waals surface area contributed by atoms with Crippen molar-refractivity contribution in [2.75, 3.05) is 12.8 Å². The molecule has 0 spiro atoms. The molecule has 0 radical (unpaired) electrons. The highest BCUT2D eigenvalue weighted by Crippen LogP contribution is 2.41. The zero-order valence-corrected chi connectivity index (χ0v) is 12.0. The van der Waals surface area contributed by atoms with E-state index in [1.807, 2.05) is 6.92 Å². The van der Waals surface area contributed by atoms with Crippen molar-refractivity contribution in [1.29, 1.82) is 0 Å². The van der Waals surface area contributed by atoms with Crippen molar-refractivity contribution < 1.29 is 21.6 Å². The molecule has 0 saturated carbocycles. The van der Waals surface area contributed by atoms with Crippen LogP contribution in [0, 0.1) is 0 Å². The van der Waals surface area contributed by atoms with Crippen molar-refractivity contribution in [3.63, 3.8) is 0 Å². The normalized spacial score (nSPS) is 22.6. The topological polar surface area (TPSA) is 46.2 Å². The van der Waals surface area contributed by atoms with Gasteiger partial charge < -0.3 is 5.32 Å². The highest BCUT2D eigenvalue weighted by Gasteiger charge is 2.38. The standard InChI is InChI=1S/C13H16F3NO2S/c1-8(17-2)5-9-7-20(18,19)12-4-3-10(6-11(9)12)13(14,15)16/h3-4,6,8-9,17H,5,7H2,1-2H3. The van der Waals surface area contributed by atoms with E-state index in [0.29, 0.717) is 12.0 Å². The summed E-state index contributed by atoms with van der Waals surface area (Å²) < 4.78 is 62.2. The molecule has 1 aromatic carbocycles. The van der Waals surface area contributed by atoms with E-state index in [1.165, 1.54) is 0 Å². The minimum absolute atomic E-state index is 0.0377. The van der Waals surface area contributed by atoms with Crippen LogP contribution in [0.25, 0.3) is 0 Å². The monoisotopic (exact) mass is 307 g/mol. The summed E-state index contributed by atoms with van der Waals surface area (Å²) in [7, 11) is -1.73. The van der Waals surface area contributed by atoms with Crippen molar-refractivity contribution in [1.82, 2.24) is 5.32 Å². The molecule has 2 unspecified atom stereocenters. The molecule has 1 aliphatic rings. The first-order chi connectivity index (χ1) is 9.15. The minimum Gasteiger partial charge on any atom is -0.317 e. The summed E-state index contributed by atoms with van der Waals surface area (Å²) >= 11 is 0. The number of halogens is 3. The van der Waals surface area contributed by atoms with Crippen LogP contribution in [-0.4, -0.2) is 27.3 Å². The molecule has 0 saturated heterocycles. The van der Waals surface area contributed by atoms with Crippen LogP contribution >= 0.6 is 0 Å². The number of sulfone groups is 1. The predicted molar refractivity (Wildman–Crippen MR) is 69.4 cm³/mol. The first kappa shape index (κ1) is 15.3. The van der Waals surface area contributed by atoms with Crippen molar-refractivity contribution in [2.24, 2.45) is 0 Å². The second-order valence-electron chi connectivity index (χ2n) is 5.15. The fraction of sp³-hybridized carbons (Fsp3) is 0.538. The van der Waals surface area contributed by atoms with Gasteiger partial charge in [-0.05, 0) is 44.2 Å². The van der Waals surface area contributed by atoms with Crippen LogP contribution in [0.4, 0.5) is 13.2 Å². The molecule has 0 aliphatic carbocycles. The zero-order chi connectivity index (χ0) is 15.1. The Morgan fingerprint density at radius 3 is 2.60 bits per heavy atom. The summed E-state index contributed by atoms with van der Waals surface area (Å²) in [5, 5.41) is 2.98. The Morgan fingerprint density at radius 2 is 2.05 bits per heavy atom. The van der Waals surface area contributed by atoms with Gasteiger partial charge in [0.25, 0.3) is 0 Å². The summed E-state index contributed by atoms with van der Waals surface area (Å²) in [6, 6.07) is 2.93. The molecule has 7 heteroatoms. The molecule has 112 valence electrons. The molecule has 1 aliphatic heterocycles. The molecule has 2 rings (SSSR count). The molecular formula is C13H16F3NO2S. The molecule has 1 aromatic rings. The summed E-state index contributed by atoms with van der Waals surface area (Å²) in [4.78, 5) is 0.0406. The summed E-state index contributed by atoms with van der Waals surface area (Å²) in [6.07, 6.45) is -3.97. The van der Waals surface area contributed by atoms with E-state index < -0.39 is 21.6 Å². The van der Waals surface area contributed by atoms with Crippen LogP contribution < -0.4 is 5.32 Å². The van der Waals surface area contributed by atoms with Gasteiger partial charge in [0.15, 0.2) is 9.84 Å². The van der Waals surface area contributed by atoms with Crippen LogP contribution in [0.15, 0.2) is 23.1 Å². The minimum atomic E-state index is -4.46. The molecule has 0 bridgehead atoms. The lowest BCUT2D eigenvalue weighted by molar-refractivity contribution is -0.137. The Kier molecular flexibility index (Phi) is 3.85. The molecule has 0 fully saturated rings. The third-order valence-corrected chi connectivity index (χ3v) is 5.55. The van der Waals surface area contributed by atoms with E-state index in [2.05, 4.69) is 5.32 Å². The number of hydrogen-bond acceptors (Lipinski definition) is 3. The van der Waals surface area contributed by atoms with Crippen LogP contribution in [-0.2, 0) is 16.0 Å². The molecule has 1 heterocycles. The lowest BCUT2D eigenvalue weighted by Crippen LogP contribution is -2.24. The number of hydrogen-bond donors (Lipinski definition) is 1. The first-order valence-corrected chi connectivity index (χ1v) is 7.91. The van der Waals surface area contributed by atoms with Gasteiger partial charge in [0, 0.05) is 12.0 Å². The largest absolute Gasteiger partial charge is 0.416 e. The van der Waals surface area contributed by atoms with Crippen molar-refractivity contribution in [3.05, 3.63) is 29.3 Å². The van der Waals surface area contributed by atoms with E-state index >= 15 is 0 Å². The van der Waals surface area contributed by atoms with Crippen LogP contribution in [0.5, 0.6) is 0 Å². The molecule has 1 N–H and O–H groups in total. The van der Waals surface area contributed by atoms with Crippen molar-refractivity contribution >= 4 is 9.84 Å². The van der Waals surface area contributed by atoms with Crippen molar-refractivity contribution in [3.8, 4) is 0 Å². The summed E-state index contributed by atoms with van der Waals surface area (Å²) in [6.45, 7) is 1.87. The predicted octanol–water partition coefficient (Wildman–Crippen LogP) is 2.57. The molecule has 0 aromatic heterocycles. The summed E-state index contributed by atoms with van der Waals surface area (Å²) in [5.41, 5.74) is -0.502. The number of rotatable bonds is 3. The average Bonchev–Trinajstić information content (AvgIpc) is 2.59. The third-order valence-electron chi connectivity index (χ3n) is 3.66. The molecule has 2 atom stereocenters. The third kappa shape index (κ3) is 2.83. The van der Waals surface area contributed by atoms with Gasteiger partial charge in [0.2, 0.25) is 0 Å². The lowest BCUT2D eigenvalue weighted by atomic mass is 9.93. The number of alkyl halides is 3. The van der Waals surface area contributed by atoms with Gasteiger partial charge in [-0.2, -0.15) is 13.2 Å². The van der Waals surface area contributed by atoms with Crippen LogP contribution in [0.1, 0.15) is 30.4 Å². The molecule has 0 amide bonds. The second-order valence-corrected chi connectivity index (χ2v) is 7.16. The Balaban J connectivity index is 2.46. The van der Waals surface area contributed by atoms with E-state index in [0.717, 1.165) is 18.2 Å². The fourth-order valence-corrected chi connectivity index (χ4v) is 4.40. The van der Waals surface area contributed by atoms with Gasteiger partial charge in [-0.1, -0.05) is 0 Å². The highest BCUT2D eigenvalue weighted by molar-refractivity contribution is 7.91. The maximum atomic E-state index is 12.7. The first-order valence-electron chi connectivity index (χ1n) is 6.26. The number of nitrogens with one attached hydrogen (secondary N) is 1. The molecular weight excluding hydrogens is 291 g/mol. The number of benzene rings is 1. The van der Waals surface area contributed by atoms with Gasteiger partial charge in [-0.3, -0.25) is 0 Å². The van der Waals surface area contributed by atoms with Crippen molar-refractivity contribution in [2.45, 2.75) is 36.4 Å². The Hall–Kier alpha value is -1.08. The van der Waals surface area contributed by atoms with Gasteiger partial charge in [0.1, 0.15) is 0 Å². The molecule has 3 nitrogen and oxygen atoms in total. The van der Waals surface area contributed by atoms with E-state index in [9.17, 15) is 21.6 Å². The quantitative estimate of drug-likeness (QED) is 0.933. The fourth-order valence-electron chi connectivity index (χ4n) is 2.51. The van der Waals surface area contributed by atoms with Gasteiger partial charge in [0.05, 0.1) is 16.2 Å². The number of fused-ring (bicyclic) bond motifs is 1. The van der Waals surface area contributed by atoms with E-state index in [-0.39, 0.29) is 22.6 Å². The van der Waals surface area contributed by atoms with Gasteiger partial charge in [-0.25, -0.2) is 8.42 Å². The van der Waals surface area contributed by atoms with E-state index in [1.54, 1.807) is 7.05 Å².